The van der Waals surface area contributed by atoms with Crippen molar-refractivity contribution in [3.8, 4) is 0 Å². The number of nitrogens with zero attached hydrogens (tertiary/aromatic N) is 2. The number of guanidine groups is 1. The van der Waals surface area contributed by atoms with Crippen molar-refractivity contribution in [3.63, 3.8) is 0 Å². The topological polar surface area (TPSA) is 59.9 Å². The minimum absolute atomic E-state index is 0.173. The third-order valence-corrected chi connectivity index (χ3v) is 5.61. The van der Waals surface area contributed by atoms with Crippen molar-refractivity contribution in [2.75, 3.05) is 31.1 Å². The van der Waals surface area contributed by atoms with Gasteiger partial charge in [-0.25, -0.2) is 0 Å². The summed E-state index contributed by atoms with van der Waals surface area (Å²) in [6.45, 7) is 7.91. The molecule has 0 spiro atoms. The SMILES string of the molecule is CCNC(=NCC1CCCC1O)NC1CCCN(c2ccc(C)cc2)C1. The Labute approximate surface area is 157 Å². The summed E-state index contributed by atoms with van der Waals surface area (Å²) in [7, 11) is 0. The Hall–Kier alpha value is -1.75. The van der Waals surface area contributed by atoms with Crippen molar-refractivity contribution in [2.24, 2.45) is 10.9 Å². The molecule has 2 aliphatic rings. The smallest absolute Gasteiger partial charge is 0.191 e. The first kappa shape index (κ1) is 19.0. The van der Waals surface area contributed by atoms with Crippen molar-refractivity contribution >= 4 is 11.6 Å². The summed E-state index contributed by atoms with van der Waals surface area (Å²) < 4.78 is 0. The van der Waals surface area contributed by atoms with Crippen LogP contribution in [0.1, 0.15) is 44.6 Å². The van der Waals surface area contributed by atoms with E-state index in [2.05, 4.69) is 53.6 Å². The van der Waals surface area contributed by atoms with Crippen LogP contribution in [0.2, 0.25) is 0 Å². The molecule has 1 heterocycles. The van der Waals surface area contributed by atoms with Crippen LogP contribution in [0.4, 0.5) is 5.69 Å². The summed E-state index contributed by atoms with van der Waals surface area (Å²) in [6.07, 6.45) is 5.32. The Kier molecular flexibility index (Phi) is 6.78. The summed E-state index contributed by atoms with van der Waals surface area (Å²) in [5.74, 6) is 1.21. The summed E-state index contributed by atoms with van der Waals surface area (Å²) in [5.41, 5.74) is 2.61. The molecule has 3 rings (SSSR count). The van der Waals surface area contributed by atoms with Crippen LogP contribution in [-0.4, -0.2) is 49.4 Å². The van der Waals surface area contributed by atoms with Gasteiger partial charge in [0, 0.05) is 43.8 Å². The third-order valence-electron chi connectivity index (χ3n) is 5.61. The monoisotopic (exact) mass is 358 g/mol. The van der Waals surface area contributed by atoms with E-state index in [0.717, 1.165) is 44.9 Å². The number of anilines is 1. The van der Waals surface area contributed by atoms with Gasteiger partial charge in [0.1, 0.15) is 0 Å². The fourth-order valence-electron chi connectivity index (χ4n) is 4.04. The second kappa shape index (κ2) is 9.26. The average Bonchev–Trinajstić information content (AvgIpc) is 3.06. The molecule has 1 aliphatic heterocycles. The fourth-order valence-corrected chi connectivity index (χ4v) is 4.04. The predicted molar refractivity (Wildman–Crippen MR) is 109 cm³/mol. The van der Waals surface area contributed by atoms with Crippen LogP contribution >= 0.6 is 0 Å². The minimum Gasteiger partial charge on any atom is -0.393 e. The molecule has 1 saturated heterocycles. The van der Waals surface area contributed by atoms with Crippen LogP contribution in [0, 0.1) is 12.8 Å². The molecule has 0 amide bonds. The highest BCUT2D eigenvalue weighted by Crippen LogP contribution is 2.25. The number of aliphatic hydroxyl groups is 1. The van der Waals surface area contributed by atoms with E-state index in [0.29, 0.717) is 18.5 Å². The molecule has 26 heavy (non-hydrogen) atoms. The Bertz CT molecular complexity index is 586. The molecule has 0 radical (unpaired) electrons. The normalized spacial score (nSPS) is 26.8. The van der Waals surface area contributed by atoms with Crippen LogP contribution in [0.5, 0.6) is 0 Å². The van der Waals surface area contributed by atoms with Gasteiger partial charge >= 0.3 is 0 Å². The molecule has 2 fully saturated rings. The quantitative estimate of drug-likeness (QED) is 0.559. The van der Waals surface area contributed by atoms with Gasteiger partial charge in [-0.05, 0) is 51.7 Å². The van der Waals surface area contributed by atoms with Crippen LogP contribution < -0.4 is 15.5 Å². The van der Waals surface area contributed by atoms with Crippen LogP contribution in [-0.2, 0) is 0 Å². The number of hydrogen-bond donors (Lipinski definition) is 3. The second-order valence-electron chi connectivity index (χ2n) is 7.74. The first-order valence-corrected chi connectivity index (χ1v) is 10.2. The molecule has 0 bridgehead atoms. The Morgan fingerprint density at radius 2 is 2.00 bits per heavy atom. The molecule has 1 aromatic rings. The predicted octanol–water partition coefficient (Wildman–Crippen LogP) is 2.68. The van der Waals surface area contributed by atoms with Gasteiger partial charge in [-0.15, -0.1) is 0 Å². The summed E-state index contributed by atoms with van der Waals surface area (Å²) in [5, 5.41) is 17.0. The van der Waals surface area contributed by atoms with E-state index in [1.807, 2.05) is 0 Å². The van der Waals surface area contributed by atoms with Crippen molar-refractivity contribution in [2.45, 2.75) is 58.1 Å². The summed E-state index contributed by atoms with van der Waals surface area (Å²) in [6, 6.07) is 9.21. The number of aliphatic imine (C=N–C) groups is 1. The van der Waals surface area contributed by atoms with Crippen molar-refractivity contribution in [1.29, 1.82) is 0 Å². The summed E-state index contributed by atoms with van der Waals surface area (Å²) in [4.78, 5) is 7.23. The molecular weight excluding hydrogens is 324 g/mol. The largest absolute Gasteiger partial charge is 0.393 e. The molecule has 3 unspecified atom stereocenters. The van der Waals surface area contributed by atoms with Gasteiger partial charge in [0.25, 0.3) is 0 Å². The van der Waals surface area contributed by atoms with E-state index in [4.69, 9.17) is 4.99 Å². The maximum Gasteiger partial charge on any atom is 0.191 e. The van der Waals surface area contributed by atoms with Gasteiger partial charge in [-0.3, -0.25) is 4.99 Å². The molecule has 3 N–H and O–H groups in total. The molecule has 1 aliphatic carbocycles. The lowest BCUT2D eigenvalue weighted by Gasteiger charge is -2.35. The zero-order valence-corrected chi connectivity index (χ0v) is 16.2. The van der Waals surface area contributed by atoms with Crippen molar-refractivity contribution in [3.05, 3.63) is 29.8 Å². The van der Waals surface area contributed by atoms with Gasteiger partial charge in [0.2, 0.25) is 0 Å². The second-order valence-corrected chi connectivity index (χ2v) is 7.74. The Morgan fingerprint density at radius 3 is 2.69 bits per heavy atom. The van der Waals surface area contributed by atoms with Crippen LogP contribution in [0.3, 0.4) is 0 Å². The molecular formula is C21H34N4O. The lowest BCUT2D eigenvalue weighted by molar-refractivity contribution is 0.136. The number of hydrogen-bond acceptors (Lipinski definition) is 3. The van der Waals surface area contributed by atoms with Gasteiger partial charge in [-0.1, -0.05) is 24.1 Å². The van der Waals surface area contributed by atoms with Crippen LogP contribution in [0.15, 0.2) is 29.3 Å². The minimum atomic E-state index is -0.173. The number of piperidine rings is 1. The Balaban J connectivity index is 1.58. The van der Waals surface area contributed by atoms with E-state index in [1.165, 1.54) is 24.1 Å². The lowest BCUT2D eigenvalue weighted by atomic mass is 10.0. The van der Waals surface area contributed by atoms with Gasteiger partial charge in [0.15, 0.2) is 5.96 Å². The highest BCUT2D eigenvalue weighted by Gasteiger charge is 2.25. The molecule has 144 valence electrons. The fraction of sp³-hybridized carbons (Fsp3) is 0.667. The Morgan fingerprint density at radius 1 is 1.19 bits per heavy atom. The number of aryl methyl sites for hydroxylation is 1. The van der Waals surface area contributed by atoms with E-state index in [-0.39, 0.29) is 6.10 Å². The number of aliphatic hydroxyl groups excluding tert-OH is 1. The van der Waals surface area contributed by atoms with Crippen molar-refractivity contribution in [1.82, 2.24) is 10.6 Å². The standard InChI is InChI=1S/C21H34N4O/c1-3-22-21(23-14-17-6-4-8-20(17)26)24-18-7-5-13-25(15-18)19-11-9-16(2)10-12-19/h9-12,17-18,20,26H,3-8,13-15H2,1-2H3,(H2,22,23,24). The molecule has 1 saturated carbocycles. The number of benzene rings is 1. The highest BCUT2D eigenvalue weighted by atomic mass is 16.3. The van der Waals surface area contributed by atoms with Crippen molar-refractivity contribution < 1.29 is 5.11 Å². The maximum absolute atomic E-state index is 10.0. The number of rotatable bonds is 5. The molecule has 3 atom stereocenters. The van der Waals surface area contributed by atoms with Gasteiger partial charge in [-0.2, -0.15) is 0 Å². The molecule has 1 aromatic carbocycles. The van der Waals surface area contributed by atoms with Gasteiger partial charge < -0.3 is 20.6 Å². The van der Waals surface area contributed by atoms with E-state index >= 15 is 0 Å². The highest BCUT2D eigenvalue weighted by molar-refractivity contribution is 5.80. The zero-order chi connectivity index (χ0) is 18.4. The number of nitrogens with one attached hydrogen (secondary N) is 2. The molecule has 0 aromatic heterocycles. The average molecular weight is 359 g/mol. The first-order chi connectivity index (χ1) is 12.7. The molecule has 5 nitrogen and oxygen atoms in total. The lowest BCUT2D eigenvalue weighted by Crippen LogP contribution is -2.51. The van der Waals surface area contributed by atoms with Gasteiger partial charge in [0.05, 0.1) is 6.10 Å². The van der Waals surface area contributed by atoms with E-state index in [1.54, 1.807) is 0 Å². The first-order valence-electron chi connectivity index (χ1n) is 10.2. The van der Waals surface area contributed by atoms with Crippen LogP contribution in [0.25, 0.3) is 0 Å². The molecule has 5 heteroatoms. The summed E-state index contributed by atoms with van der Waals surface area (Å²) >= 11 is 0. The maximum atomic E-state index is 10.0. The third kappa shape index (κ3) is 5.13. The van der Waals surface area contributed by atoms with E-state index < -0.39 is 0 Å². The zero-order valence-electron chi connectivity index (χ0n) is 16.2. The van der Waals surface area contributed by atoms with E-state index in [9.17, 15) is 5.11 Å².